The summed E-state index contributed by atoms with van der Waals surface area (Å²) in [6.45, 7) is 1.74. The third-order valence-corrected chi connectivity index (χ3v) is 6.15. The standard InChI is InChI=1S/C20H24N6O/c27-18(26-7-1-2-15(12-26)14-3-4-14)16-8-23-19(24-9-16)25-20(5-6-20)17-10-21-13-22-11-17/h8-11,13-15H,1-7,12H2,(H,23,24,25)/t15-/m0/s1. The molecule has 2 saturated carbocycles. The highest BCUT2D eigenvalue weighted by atomic mass is 16.2. The minimum atomic E-state index is -0.170. The van der Waals surface area contributed by atoms with Crippen LogP contribution < -0.4 is 5.32 Å². The second-order valence-electron chi connectivity index (χ2n) is 8.12. The number of hydrogen-bond acceptors (Lipinski definition) is 6. The quantitative estimate of drug-likeness (QED) is 0.878. The van der Waals surface area contributed by atoms with Crippen molar-refractivity contribution in [3.63, 3.8) is 0 Å². The molecule has 1 aliphatic heterocycles. The molecule has 0 unspecified atom stereocenters. The summed E-state index contributed by atoms with van der Waals surface area (Å²) in [7, 11) is 0. The number of rotatable bonds is 5. The molecule has 27 heavy (non-hydrogen) atoms. The highest BCUT2D eigenvalue weighted by Gasteiger charge is 2.45. The Morgan fingerprint density at radius 1 is 1.04 bits per heavy atom. The lowest BCUT2D eigenvalue weighted by molar-refractivity contribution is 0.0659. The highest BCUT2D eigenvalue weighted by Crippen LogP contribution is 2.47. The minimum absolute atomic E-state index is 0.0597. The first-order valence-electron chi connectivity index (χ1n) is 9.88. The Morgan fingerprint density at radius 2 is 1.78 bits per heavy atom. The van der Waals surface area contributed by atoms with Gasteiger partial charge in [0.05, 0.1) is 11.1 Å². The fourth-order valence-corrected chi connectivity index (χ4v) is 4.20. The minimum Gasteiger partial charge on any atom is -0.345 e. The molecule has 3 heterocycles. The van der Waals surface area contributed by atoms with Crippen molar-refractivity contribution in [2.45, 2.75) is 44.1 Å². The summed E-state index contributed by atoms with van der Waals surface area (Å²) in [5.41, 5.74) is 1.45. The van der Waals surface area contributed by atoms with Crippen LogP contribution in [0.25, 0.3) is 0 Å². The first kappa shape index (κ1) is 16.6. The molecular weight excluding hydrogens is 340 g/mol. The van der Waals surface area contributed by atoms with Crippen molar-refractivity contribution in [3.8, 4) is 0 Å². The van der Waals surface area contributed by atoms with E-state index >= 15 is 0 Å². The van der Waals surface area contributed by atoms with Crippen molar-refractivity contribution in [1.29, 1.82) is 0 Å². The first-order chi connectivity index (χ1) is 13.2. The number of anilines is 1. The van der Waals surface area contributed by atoms with E-state index in [9.17, 15) is 4.79 Å². The number of aromatic nitrogens is 4. The highest BCUT2D eigenvalue weighted by molar-refractivity contribution is 5.93. The number of carbonyl (C=O) groups is 1. The van der Waals surface area contributed by atoms with Gasteiger partial charge in [0.25, 0.3) is 5.91 Å². The van der Waals surface area contributed by atoms with E-state index in [-0.39, 0.29) is 11.4 Å². The molecule has 3 fully saturated rings. The van der Waals surface area contributed by atoms with Gasteiger partial charge in [0.1, 0.15) is 6.33 Å². The van der Waals surface area contributed by atoms with Crippen LogP contribution in [0.1, 0.15) is 54.4 Å². The van der Waals surface area contributed by atoms with Crippen molar-refractivity contribution in [1.82, 2.24) is 24.8 Å². The molecule has 2 aliphatic carbocycles. The number of nitrogens with zero attached hydrogens (tertiary/aromatic N) is 5. The van der Waals surface area contributed by atoms with Crippen LogP contribution in [0.5, 0.6) is 0 Å². The lowest BCUT2D eigenvalue weighted by Gasteiger charge is -2.32. The van der Waals surface area contributed by atoms with E-state index in [2.05, 4.69) is 25.3 Å². The molecular formula is C20H24N6O. The van der Waals surface area contributed by atoms with Gasteiger partial charge in [-0.25, -0.2) is 19.9 Å². The summed E-state index contributed by atoms with van der Waals surface area (Å²) in [4.78, 5) is 31.8. The summed E-state index contributed by atoms with van der Waals surface area (Å²) >= 11 is 0. The molecule has 3 aliphatic rings. The predicted octanol–water partition coefficient (Wildman–Crippen LogP) is 2.63. The summed E-state index contributed by atoms with van der Waals surface area (Å²) < 4.78 is 0. The Kier molecular flexibility index (Phi) is 4.02. The number of likely N-dealkylation sites (tertiary alicyclic amines) is 1. The van der Waals surface area contributed by atoms with Crippen LogP contribution in [0.2, 0.25) is 0 Å². The van der Waals surface area contributed by atoms with Crippen LogP contribution in [0.4, 0.5) is 5.95 Å². The lowest BCUT2D eigenvalue weighted by Crippen LogP contribution is -2.40. The van der Waals surface area contributed by atoms with E-state index in [0.717, 1.165) is 43.8 Å². The van der Waals surface area contributed by atoms with Crippen molar-refractivity contribution in [2.75, 3.05) is 18.4 Å². The number of nitrogens with one attached hydrogen (secondary N) is 1. The average Bonchev–Trinajstić information content (AvgIpc) is 3.64. The van der Waals surface area contributed by atoms with E-state index in [4.69, 9.17) is 0 Å². The van der Waals surface area contributed by atoms with Gasteiger partial charge in [-0.3, -0.25) is 4.79 Å². The van der Waals surface area contributed by atoms with Crippen molar-refractivity contribution < 1.29 is 4.79 Å². The summed E-state index contributed by atoms with van der Waals surface area (Å²) in [6.07, 6.45) is 15.5. The lowest BCUT2D eigenvalue weighted by atomic mass is 9.93. The predicted molar refractivity (Wildman–Crippen MR) is 100.0 cm³/mol. The SMILES string of the molecule is O=C(c1cnc(NC2(c3cncnc3)CC2)nc1)N1CCC[C@H](C2CC2)C1. The Balaban J connectivity index is 1.26. The second kappa shape index (κ2) is 6.55. The molecule has 1 saturated heterocycles. The van der Waals surface area contributed by atoms with Gasteiger partial charge in [-0.05, 0) is 50.4 Å². The molecule has 1 amide bonds. The second-order valence-corrected chi connectivity index (χ2v) is 8.12. The number of hydrogen-bond donors (Lipinski definition) is 1. The van der Waals surface area contributed by atoms with Crippen LogP contribution in [0, 0.1) is 11.8 Å². The van der Waals surface area contributed by atoms with Crippen LogP contribution in [-0.2, 0) is 5.54 Å². The first-order valence-corrected chi connectivity index (χ1v) is 9.88. The molecule has 1 N–H and O–H groups in total. The van der Waals surface area contributed by atoms with Crippen molar-refractivity contribution in [3.05, 3.63) is 42.2 Å². The van der Waals surface area contributed by atoms with Gasteiger partial charge >= 0.3 is 0 Å². The van der Waals surface area contributed by atoms with E-state index in [1.54, 1.807) is 12.4 Å². The summed E-state index contributed by atoms with van der Waals surface area (Å²) in [5, 5.41) is 3.39. The zero-order valence-corrected chi connectivity index (χ0v) is 15.3. The molecule has 0 aromatic carbocycles. The van der Waals surface area contributed by atoms with Gasteiger partial charge in [-0.15, -0.1) is 0 Å². The smallest absolute Gasteiger partial charge is 0.257 e. The normalized spacial score (nSPS) is 23.7. The van der Waals surface area contributed by atoms with Gasteiger partial charge in [-0.1, -0.05) is 0 Å². The van der Waals surface area contributed by atoms with Gasteiger partial charge in [-0.2, -0.15) is 0 Å². The number of piperidine rings is 1. The van der Waals surface area contributed by atoms with Crippen LogP contribution in [0.3, 0.4) is 0 Å². The maximum Gasteiger partial charge on any atom is 0.257 e. The Morgan fingerprint density at radius 3 is 2.44 bits per heavy atom. The third-order valence-electron chi connectivity index (χ3n) is 6.15. The topological polar surface area (TPSA) is 83.9 Å². The van der Waals surface area contributed by atoms with E-state index in [1.807, 2.05) is 17.3 Å². The van der Waals surface area contributed by atoms with Crippen LogP contribution in [0.15, 0.2) is 31.1 Å². The molecule has 0 bridgehead atoms. The van der Waals surface area contributed by atoms with Crippen molar-refractivity contribution >= 4 is 11.9 Å². The van der Waals surface area contributed by atoms with E-state index in [1.165, 1.54) is 25.6 Å². The molecule has 2 aromatic rings. The largest absolute Gasteiger partial charge is 0.345 e. The van der Waals surface area contributed by atoms with E-state index < -0.39 is 0 Å². The molecule has 7 nitrogen and oxygen atoms in total. The molecule has 1 atom stereocenters. The third kappa shape index (κ3) is 3.38. The Labute approximate surface area is 158 Å². The molecule has 7 heteroatoms. The zero-order chi connectivity index (χ0) is 18.3. The van der Waals surface area contributed by atoms with Crippen LogP contribution >= 0.6 is 0 Å². The fourth-order valence-electron chi connectivity index (χ4n) is 4.20. The van der Waals surface area contributed by atoms with Gasteiger partial charge < -0.3 is 10.2 Å². The van der Waals surface area contributed by atoms with Gasteiger partial charge in [0.2, 0.25) is 5.95 Å². The van der Waals surface area contributed by atoms with Crippen LogP contribution in [-0.4, -0.2) is 43.8 Å². The maximum atomic E-state index is 12.8. The van der Waals surface area contributed by atoms with Crippen molar-refractivity contribution in [2.24, 2.45) is 11.8 Å². The average molecular weight is 364 g/mol. The molecule has 0 radical (unpaired) electrons. The van der Waals surface area contributed by atoms with Gasteiger partial charge in [0, 0.05) is 43.4 Å². The monoisotopic (exact) mass is 364 g/mol. The van der Waals surface area contributed by atoms with Gasteiger partial charge in [0.15, 0.2) is 0 Å². The Hall–Kier alpha value is -2.57. The fraction of sp³-hybridized carbons (Fsp3) is 0.550. The maximum absolute atomic E-state index is 12.8. The number of carbonyl (C=O) groups excluding carboxylic acids is 1. The summed E-state index contributed by atoms with van der Waals surface area (Å²) in [6, 6.07) is 0. The molecule has 5 rings (SSSR count). The molecule has 140 valence electrons. The Bertz CT molecular complexity index is 816. The molecule has 2 aromatic heterocycles. The molecule has 0 spiro atoms. The summed E-state index contributed by atoms with van der Waals surface area (Å²) in [5.74, 6) is 2.14. The van der Waals surface area contributed by atoms with E-state index in [0.29, 0.717) is 17.4 Å². The zero-order valence-electron chi connectivity index (χ0n) is 15.3. The number of amides is 1.